The fourth-order valence-corrected chi connectivity index (χ4v) is 5.52. The molecule has 6 rings (SSSR count). The summed E-state index contributed by atoms with van der Waals surface area (Å²) in [6.07, 6.45) is 3.69. The fraction of sp³-hybridized carbons (Fsp3) is 0.0312. The maximum absolute atomic E-state index is 12.8. The van der Waals surface area contributed by atoms with Crippen LogP contribution in [0.3, 0.4) is 0 Å². The SMILES string of the molecule is O=C(N/N=C\c1cn(Cc2ccccc2Cl)c2ccccc12)c1ccc(-c2csc(Nc3ccc(Cl)cc3)n2)cc1. The third kappa shape index (κ3) is 6.18. The molecule has 0 spiro atoms. The molecule has 0 aliphatic heterocycles. The Hall–Kier alpha value is -4.43. The Balaban J connectivity index is 1.12. The van der Waals surface area contributed by atoms with Crippen LogP contribution >= 0.6 is 34.5 Å². The second-order valence-corrected chi connectivity index (χ2v) is 11.0. The molecule has 0 aliphatic rings. The Bertz CT molecular complexity index is 1860. The lowest BCUT2D eigenvalue weighted by atomic mass is 10.1. The number of hydrazone groups is 1. The molecule has 0 bridgehead atoms. The van der Waals surface area contributed by atoms with Gasteiger partial charge in [0.1, 0.15) is 0 Å². The van der Waals surface area contributed by atoms with Crippen LogP contribution in [0.2, 0.25) is 10.0 Å². The Labute approximate surface area is 250 Å². The minimum atomic E-state index is -0.295. The van der Waals surface area contributed by atoms with Crippen LogP contribution in [-0.2, 0) is 6.54 Å². The Morgan fingerprint density at radius 1 is 0.927 bits per heavy atom. The fourth-order valence-electron chi connectivity index (χ4n) is 4.46. The van der Waals surface area contributed by atoms with Gasteiger partial charge in [-0.25, -0.2) is 10.4 Å². The zero-order valence-electron chi connectivity index (χ0n) is 21.6. The van der Waals surface area contributed by atoms with E-state index in [1.165, 1.54) is 11.3 Å². The predicted octanol–water partition coefficient (Wildman–Crippen LogP) is 8.63. The second kappa shape index (κ2) is 12.0. The third-order valence-corrected chi connectivity index (χ3v) is 7.91. The van der Waals surface area contributed by atoms with Crippen LogP contribution in [0.1, 0.15) is 21.5 Å². The second-order valence-electron chi connectivity index (χ2n) is 9.27. The molecule has 0 fully saturated rings. The van der Waals surface area contributed by atoms with E-state index in [4.69, 9.17) is 23.2 Å². The summed E-state index contributed by atoms with van der Waals surface area (Å²) in [4.78, 5) is 17.4. The monoisotopic (exact) mass is 595 g/mol. The summed E-state index contributed by atoms with van der Waals surface area (Å²) < 4.78 is 2.13. The van der Waals surface area contributed by atoms with Gasteiger partial charge in [-0.15, -0.1) is 11.3 Å². The molecule has 2 N–H and O–H groups in total. The minimum absolute atomic E-state index is 0.295. The standard InChI is InChI=1S/C32H23Cl2N5OS/c33-25-13-15-26(16-14-25)36-32-37-29(20-41-32)21-9-11-22(12-10-21)31(40)38-35-17-24-19-39(30-8-4-2-6-27(24)30)18-23-5-1-3-7-28(23)34/h1-17,19-20H,18H2,(H,36,37)(H,38,40)/b35-17-. The Kier molecular flexibility index (Phi) is 7.82. The number of aromatic nitrogens is 2. The number of hydrogen-bond donors (Lipinski definition) is 2. The highest BCUT2D eigenvalue weighted by molar-refractivity contribution is 7.14. The van der Waals surface area contributed by atoms with Crippen molar-refractivity contribution in [2.45, 2.75) is 6.54 Å². The Morgan fingerprint density at radius 3 is 2.49 bits per heavy atom. The summed E-state index contributed by atoms with van der Waals surface area (Å²) in [6.45, 7) is 0.629. The van der Waals surface area contributed by atoms with E-state index in [-0.39, 0.29) is 5.91 Å². The van der Waals surface area contributed by atoms with E-state index in [0.717, 1.165) is 49.1 Å². The molecule has 202 valence electrons. The molecule has 0 aliphatic carbocycles. The molecule has 0 saturated carbocycles. The number of anilines is 2. The highest BCUT2D eigenvalue weighted by Gasteiger charge is 2.11. The first kappa shape index (κ1) is 26.8. The van der Waals surface area contributed by atoms with Crippen molar-refractivity contribution in [2.24, 2.45) is 5.10 Å². The first-order valence-corrected chi connectivity index (χ1v) is 14.4. The van der Waals surface area contributed by atoms with E-state index in [2.05, 4.69) is 31.5 Å². The maximum Gasteiger partial charge on any atom is 0.271 e. The highest BCUT2D eigenvalue weighted by Crippen LogP contribution is 2.28. The summed E-state index contributed by atoms with van der Waals surface area (Å²) in [5.41, 5.74) is 8.78. The molecular formula is C32H23Cl2N5OS. The van der Waals surface area contributed by atoms with Gasteiger partial charge in [0.15, 0.2) is 5.13 Å². The van der Waals surface area contributed by atoms with E-state index >= 15 is 0 Å². The average molecular weight is 597 g/mol. The number of amides is 1. The number of thiazole rings is 1. The van der Waals surface area contributed by atoms with E-state index in [0.29, 0.717) is 17.1 Å². The van der Waals surface area contributed by atoms with Crippen molar-refractivity contribution >= 4 is 68.4 Å². The van der Waals surface area contributed by atoms with Crippen molar-refractivity contribution in [3.05, 3.63) is 135 Å². The van der Waals surface area contributed by atoms with Crippen molar-refractivity contribution in [2.75, 3.05) is 5.32 Å². The van der Waals surface area contributed by atoms with E-state index in [1.807, 2.05) is 90.4 Å². The normalized spacial score (nSPS) is 11.3. The van der Waals surface area contributed by atoms with Gasteiger partial charge in [0.2, 0.25) is 0 Å². The summed E-state index contributed by atoms with van der Waals surface area (Å²) in [5.74, 6) is -0.295. The lowest BCUT2D eigenvalue weighted by molar-refractivity contribution is 0.0955. The number of halogens is 2. The van der Waals surface area contributed by atoms with Gasteiger partial charge in [-0.2, -0.15) is 5.10 Å². The molecule has 0 unspecified atom stereocenters. The van der Waals surface area contributed by atoms with Gasteiger partial charge in [0.25, 0.3) is 5.91 Å². The molecule has 0 saturated heterocycles. The number of para-hydroxylation sites is 1. The van der Waals surface area contributed by atoms with E-state index < -0.39 is 0 Å². The summed E-state index contributed by atoms with van der Waals surface area (Å²) in [7, 11) is 0. The van der Waals surface area contributed by atoms with Gasteiger partial charge in [-0.1, -0.05) is 71.7 Å². The summed E-state index contributed by atoms with van der Waals surface area (Å²) in [5, 5.41) is 12.7. The molecule has 1 amide bonds. The van der Waals surface area contributed by atoms with E-state index in [9.17, 15) is 4.79 Å². The summed E-state index contributed by atoms with van der Waals surface area (Å²) in [6, 6.07) is 30.6. The zero-order chi connectivity index (χ0) is 28.2. The van der Waals surface area contributed by atoms with Crippen LogP contribution < -0.4 is 10.7 Å². The zero-order valence-corrected chi connectivity index (χ0v) is 23.9. The van der Waals surface area contributed by atoms with Crippen molar-refractivity contribution in [1.82, 2.24) is 15.0 Å². The number of nitrogens with zero attached hydrogens (tertiary/aromatic N) is 3. The predicted molar refractivity (Wildman–Crippen MR) is 170 cm³/mol. The van der Waals surface area contributed by atoms with Crippen molar-refractivity contribution in [3.63, 3.8) is 0 Å². The summed E-state index contributed by atoms with van der Waals surface area (Å²) >= 11 is 13.9. The first-order valence-electron chi connectivity index (χ1n) is 12.8. The quantitative estimate of drug-likeness (QED) is 0.137. The van der Waals surface area contributed by atoms with Gasteiger partial charge in [0.05, 0.1) is 11.9 Å². The minimum Gasteiger partial charge on any atom is -0.342 e. The van der Waals surface area contributed by atoms with Gasteiger partial charge in [0, 0.05) is 61.4 Å². The van der Waals surface area contributed by atoms with Gasteiger partial charge >= 0.3 is 0 Å². The molecule has 41 heavy (non-hydrogen) atoms. The molecule has 2 heterocycles. The van der Waals surface area contributed by atoms with Crippen LogP contribution in [-0.4, -0.2) is 21.7 Å². The molecule has 9 heteroatoms. The van der Waals surface area contributed by atoms with Crippen LogP contribution in [0.4, 0.5) is 10.8 Å². The van der Waals surface area contributed by atoms with Crippen LogP contribution in [0.25, 0.3) is 22.2 Å². The molecule has 4 aromatic carbocycles. The highest BCUT2D eigenvalue weighted by atomic mass is 35.5. The maximum atomic E-state index is 12.8. The lowest BCUT2D eigenvalue weighted by Crippen LogP contribution is -2.17. The molecule has 0 atom stereocenters. The number of carbonyl (C=O) groups excluding carboxylic acids is 1. The largest absolute Gasteiger partial charge is 0.342 e. The molecule has 6 nitrogen and oxygen atoms in total. The van der Waals surface area contributed by atoms with Crippen LogP contribution in [0.5, 0.6) is 0 Å². The lowest BCUT2D eigenvalue weighted by Gasteiger charge is -2.07. The van der Waals surface area contributed by atoms with Crippen LogP contribution in [0, 0.1) is 0 Å². The molecule has 0 radical (unpaired) electrons. The molecular weight excluding hydrogens is 573 g/mol. The van der Waals surface area contributed by atoms with Crippen molar-refractivity contribution in [3.8, 4) is 11.3 Å². The number of fused-ring (bicyclic) bond motifs is 1. The van der Waals surface area contributed by atoms with Gasteiger partial charge < -0.3 is 9.88 Å². The number of nitrogens with one attached hydrogen (secondary N) is 2. The number of benzene rings is 4. The van der Waals surface area contributed by atoms with Crippen molar-refractivity contribution < 1.29 is 4.79 Å². The number of hydrogen-bond acceptors (Lipinski definition) is 5. The topological polar surface area (TPSA) is 71.3 Å². The first-order chi connectivity index (χ1) is 20.0. The average Bonchev–Trinajstić information content (AvgIpc) is 3.60. The van der Waals surface area contributed by atoms with Crippen LogP contribution in [0.15, 0.2) is 114 Å². The molecule has 2 aromatic heterocycles. The smallest absolute Gasteiger partial charge is 0.271 e. The molecule has 6 aromatic rings. The van der Waals surface area contributed by atoms with E-state index in [1.54, 1.807) is 18.3 Å². The number of rotatable bonds is 8. The number of carbonyl (C=O) groups is 1. The van der Waals surface area contributed by atoms with Gasteiger partial charge in [-0.05, 0) is 54.1 Å². The Morgan fingerprint density at radius 2 is 1.68 bits per heavy atom. The van der Waals surface area contributed by atoms with Crippen molar-refractivity contribution in [1.29, 1.82) is 0 Å². The third-order valence-electron chi connectivity index (χ3n) is 6.53. The van der Waals surface area contributed by atoms with Gasteiger partial charge in [-0.3, -0.25) is 4.79 Å².